The quantitative estimate of drug-likeness (QED) is 0.937. The molecule has 2 aromatic rings. The number of anilines is 2. The molecule has 0 bridgehead atoms. The third kappa shape index (κ3) is 3.20. The number of nitrogens with one attached hydrogen (secondary N) is 1. The van der Waals surface area contributed by atoms with Gasteiger partial charge in [-0.1, -0.05) is 12.1 Å². The summed E-state index contributed by atoms with van der Waals surface area (Å²) in [4.78, 5) is 22.1. The van der Waals surface area contributed by atoms with Crippen molar-refractivity contribution < 1.29 is 13.9 Å². The Morgan fingerprint density at radius 2 is 1.95 bits per heavy atom. The van der Waals surface area contributed by atoms with E-state index in [2.05, 4.69) is 15.3 Å². The molecule has 0 aliphatic carbocycles. The molecule has 6 nitrogen and oxygen atoms in total. The molecule has 22 heavy (non-hydrogen) atoms. The Morgan fingerprint density at radius 3 is 2.64 bits per heavy atom. The molecular weight excluding hydrogens is 287 g/mol. The van der Waals surface area contributed by atoms with E-state index in [-0.39, 0.29) is 17.4 Å². The van der Waals surface area contributed by atoms with Crippen molar-refractivity contribution in [3.8, 4) is 0 Å². The average molecular weight is 302 g/mol. The Morgan fingerprint density at radius 1 is 1.18 bits per heavy atom. The van der Waals surface area contributed by atoms with Crippen molar-refractivity contribution in [1.29, 1.82) is 0 Å². The van der Waals surface area contributed by atoms with Gasteiger partial charge in [0.1, 0.15) is 17.3 Å². The number of halogens is 1. The number of aromatic nitrogens is 2. The number of hydrogen-bond acceptors (Lipinski definition) is 5. The van der Waals surface area contributed by atoms with Crippen LogP contribution in [0.5, 0.6) is 0 Å². The van der Waals surface area contributed by atoms with Crippen LogP contribution in [-0.2, 0) is 4.74 Å². The summed E-state index contributed by atoms with van der Waals surface area (Å²) in [5.74, 6) is -0.172. The second-order valence-corrected chi connectivity index (χ2v) is 4.80. The number of hydrogen-bond donors (Lipinski definition) is 1. The molecule has 0 saturated carbocycles. The molecule has 1 aromatic heterocycles. The molecule has 0 unspecified atom stereocenters. The fourth-order valence-electron chi connectivity index (χ4n) is 2.13. The number of ether oxygens (including phenoxy) is 1. The van der Waals surface area contributed by atoms with Crippen molar-refractivity contribution in [2.75, 3.05) is 31.6 Å². The lowest BCUT2D eigenvalue weighted by Crippen LogP contribution is -2.41. The molecule has 1 aliphatic heterocycles. The predicted octanol–water partition coefficient (Wildman–Crippen LogP) is 1.83. The molecule has 0 spiro atoms. The van der Waals surface area contributed by atoms with Crippen LogP contribution in [0.3, 0.4) is 0 Å². The third-order valence-corrected chi connectivity index (χ3v) is 3.31. The van der Waals surface area contributed by atoms with Gasteiger partial charge in [0.15, 0.2) is 0 Å². The molecule has 3 rings (SSSR count). The second kappa shape index (κ2) is 6.48. The van der Waals surface area contributed by atoms with E-state index in [1.165, 1.54) is 18.5 Å². The molecule has 7 heteroatoms. The first-order valence-electron chi connectivity index (χ1n) is 6.94. The number of benzene rings is 1. The minimum atomic E-state index is -0.377. The largest absolute Gasteiger partial charge is 0.378 e. The lowest BCUT2D eigenvalue weighted by molar-refractivity contribution is 0.0298. The fourth-order valence-corrected chi connectivity index (χ4v) is 2.13. The molecule has 1 amide bonds. The van der Waals surface area contributed by atoms with E-state index < -0.39 is 0 Å². The average Bonchev–Trinajstić information content (AvgIpc) is 2.58. The minimum absolute atomic E-state index is 0.173. The molecule has 1 aromatic carbocycles. The van der Waals surface area contributed by atoms with E-state index in [1.807, 2.05) is 0 Å². The molecule has 0 atom stereocenters. The number of rotatable bonds is 3. The molecular formula is C15H15FN4O2. The summed E-state index contributed by atoms with van der Waals surface area (Å²) in [6.07, 6.45) is 2.81. The van der Waals surface area contributed by atoms with Gasteiger partial charge in [-0.3, -0.25) is 4.79 Å². The van der Waals surface area contributed by atoms with Crippen molar-refractivity contribution in [2.45, 2.75) is 0 Å². The third-order valence-electron chi connectivity index (χ3n) is 3.31. The van der Waals surface area contributed by atoms with Crippen LogP contribution < -0.4 is 5.32 Å². The van der Waals surface area contributed by atoms with Crippen molar-refractivity contribution in [3.63, 3.8) is 0 Å². The van der Waals surface area contributed by atoms with Gasteiger partial charge in [-0.2, -0.15) is 0 Å². The number of amides is 1. The molecule has 1 aliphatic rings. The van der Waals surface area contributed by atoms with Crippen LogP contribution in [0, 0.1) is 5.82 Å². The monoisotopic (exact) mass is 302 g/mol. The number of para-hydroxylation sites is 1. The van der Waals surface area contributed by atoms with E-state index in [4.69, 9.17) is 4.74 Å². The van der Waals surface area contributed by atoms with Crippen molar-refractivity contribution >= 4 is 17.4 Å². The van der Waals surface area contributed by atoms with Gasteiger partial charge in [0.25, 0.3) is 5.91 Å². The van der Waals surface area contributed by atoms with Crippen molar-refractivity contribution in [1.82, 2.24) is 14.9 Å². The van der Waals surface area contributed by atoms with Crippen LogP contribution in [0.4, 0.5) is 15.9 Å². The first-order chi connectivity index (χ1) is 10.7. The zero-order valence-electron chi connectivity index (χ0n) is 11.8. The summed E-state index contributed by atoms with van der Waals surface area (Å²) in [6, 6.07) is 6.28. The highest BCUT2D eigenvalue weighted by atomic mass is 19.1. The first-order valence-corrected chi connectivity index (χ1v) is 6.94. The van der Waals surface area contributed by atoms with Crippen molar-refractivity contribution in [2.24, 2.45) is 0 Å². The summed E-state index contributed by atoms with van der Waals surface area (Å²) in [5, 5.41) is 2.82. The lowest BCUT2D eigenvalue weighted by atomic mass is 10.3. The standard InChI is InChI=1S/C15H15FN4O2/c16-11-3-1-2-4-12(11)19-14-10-17-13(9-18-14)15(21)20-5-7-22-8-6-20/h1-4,9-10H,5-8H2,(H,18,19). The Balaban J connectivity index is 1.70. The van der Waals surface area contributed by atoms with Gasteiger partial charge in [0, 0.05) is 13.1 Å². The Hall–Kier alpha value is -2.54. The van der Waals surface area contributed by atoms with Crippen LogP contribution in [0.1, 0.15) is 10.5 Å². The van der Waals surface area contributed by atoms with Crippen LogP contribution in [0.2, 0.25) is 0 Å². The normalized spacial score (nSPS) is 14.7. The summed E-state index contributed by atoms with van der Waals surface area (Å²) in [5.41, 5.74) is 0.574. The highest BCUT2D eigenvalue weighted by Crippen LogP contribution is 2.17. The molecule has 0 radical (unpaired) electrons. The Kier molecular flexibility index (Phi) is 4.24. The second-order valence-electron chi connectivity index (χ2n) is 4.80. The van der Waals surface area contributed by atoms with Gasteiger partial charge in [-0.25, -0.2) is 14.4 Å². The summed E-state index contributed by atoms with van der Waals surface area (Å²) < 4.78 is 18.7. The predicted molar refractivity (Wildman–Crippen MR) is 78.4 cm³/mol. The van der Waals surface area contributed by atoms with Gasteiger partial charge in [0.05, 0.1) is 31.3 Å². The van der Waals surface area contributed by atoms with E-state index in [0.29, 0.717) is 37.8 Å². The highest BCUT2D eigenvalue weighted by molar-refractivity contribution is 5.92. The maximum Gasteiger partial charge on any atom is 0.274 e. The summed E-state index contributed by atoms with van der Waals surface area (Å²) >= 11 is 0. The number of nitrogens with zero attached hydrogens (tertiary/aromatic N) is 3. The highest BCUT2D eigenvalue weighted by Gasteiger charge is 2.19. The van der Waals surface area contributed by atoms with Crippen LogP contribution in [0.15, 0.2) is 36.7 Å². The SMILES string of the molecule is O=C(c1cnc(Nc2ccccc2F)cn1)N1CCOCC1. The Bertz CT molecular complexity index is 657. The first kappa shape index (κ1) is 14.4. The lowest BCUT2D eigenvalue weighted by Gasteiger charge is -2.26. The van der Waals surface area contributed by atoms with E-state index in [1.54, 1.807) is 23.1 Å². The van der Waals surface area contributed by atoms with Crippen LogP contribution >= 0.6 is 0 Å². The van der Waals surface area contributed by atoms with Gasteiger partial charge in [-0.15, -0.1) is 0 Å². The fraction of sp³-hybridized carbons (Fsp3) is 0.267. The van der Waals surface area contributed by atoms with Crippen LogP contribution in [-0.4, -0.2) is 47.1 Å². The van der Waals surface area contributed by atoms with Gasteiger partial charge >= 0.3 is 0 Å². The van der Waals surface area contributed by atoms with Gasteiger partial charge in [0.2, 0.25) is 0 Å². The smallest absolute Gasteiger partial charge is 0.274 e. The van der Waals surface area contributed by atoms with E-state index >= 15 is 0 Å². The van der Waals surface area contributed by atoms with Gasteiger partial charge < -0.3 is 15.0 Å². The summed E-state index contributed by atoms with van der Waals surface area (Å²) in [7, 11) is 0. The molecule has 114 valence electrons. The minimum Gasteiger partial charge on any atom is -0.378 e. The molecule has 1 fully saturated rings. The zero-order chi connectivity index (χ0) is 15.4. The maximum atomic E-state index is 13.5. The Labute approximate surface area is 126 Å². The molecule has 1 saturated heterocycles. The van der Waals surface area contributed by atoms with Gasteiger partial charge in [-0.05, 0) is 12.1 Å². The van der Waals surface area contributed by atoms with Crippen LogP contribution in [0.25, 0.3) is 0 Å². The number of carbonyl (C=O) groups is 1. The maximum absolute atomic E-state index is 13.5. The van der Waals surface area contributed by atoms with E-state index in [9.17, 15) is 9.18 Å². The molecule has 2 heterocycles. The molecule has 1 N–H and O–H groups in total. The zero-order valence-corrected chi connectivity index (χ0v) is 11.8. The topological polar surface area (TPSA) is 67.4 Å². The summed E-state index contributed by atoms with van der Waals surface area (Å²) in [6.45, 7) is 2.17. The van der Waals surface area contributed by atoms with Crippen molar-refractivity contribution in [3.05, 3.63) is 48.2 Å². The van der Waals surface area contributed by atoms with E-state index in [0.717, 1.165) is 0 Å². The number of carbonyl (C=O) groups excluding carboxylic acids is 1. The number of morpholine rings is 1.